The number of aliphatic hydroxyl groups is 1. The van der Waals surface area contributed by atoms with Gasteiger partial charge in [0, 0.05) is 49.9 Å². The summed E-state index contributed by atoms with van der Waals surface area (Å²) < 4.78 is 46.4. The van der Waals surface area contributed by atoms with Crippen molar-refractivity contribution in [3.8, 4) is 0 Å². The van der Waals surface area contributed by atoms with Gasteiger partial charge in [-0.15, -0.1) is 0 Å². The monoisotopic (exact) mass is 1420 g/mol. The van der Waals surface area contributed by atoms with E-state index in [1.165, 1.54) is 130 Å². The Morgan fingerprint density at radius 2 is 0.828 bits per heavy atom. The van der Waals surface area contributed by atoms with E-state index in [1.54, 1.807) is 0 Å². The third-order valence-corrected chi connectivity index (χ3v) is 37.5. The number of hydrogen-bond acceptors (Lipinski definition) is 12. The first-order valence-corrected chi connectivity index (χ1v) is 48.1. The molecule has 0 amide bonds. The van der Waals surface area contributed by atoms with Gasteiger partial charge in [-0.2, -0.15) is 0 Å². The molecule has 99 heavy (non-hydrogen) atoms. The Labute approximate surface area is 604 Å². The minimum atomic E-state index is -1.75. The summed E-state index contributed by atoms with van der Waals surface area (Å²) in [4.78, 5) is 62.3. The van der Waals surface area contributed by atoms with Gasteiger partial charge in [-0.1, -0.05) is 76.2 Å². The van der Waals surface area contributed by atoms with E-state index in [9.17, 15) is 38.0 Å². The molecule has 0 heterocycles. The normalized spacial score (nSPS) is 43.4. The first kappa shape index (κ1) is 79.1. The van der Waals surface area contributed by atoms with Crippen LogP contribution in [0, 0.1) is 151 Å². The number of methoxy groups -OCH3 is 3. The topological polar surface area (TPSA) is 177 Å². The average Bonchev–Trinajstić information content (AvgIpc) is 1.71. The Hall–Kier alpha value is -2.50. The smallest absolute Gasteiger partial charge is 0.305 e. The van der Waals surface area contributed by atoms with E-state index >= 15 is 0 Å². The van der Waals surface area contributed by atoms with Crippen molar-refractivity contribution in [2.45, 2.75) is 312 Å². The van der Waals surface area contributed by atoms with Crippen LogP contribution in [-0.4, -0.2) is 87.7 Å². The minimum Gasteiger partial charge on any atom is -0.547 e. The van der Waals surface area contributed by atoms with Crippen LogP contribution in [0.2, 0.25) is 43.8 Å². The number of hydrogen-bond donors (Lipinski definition) is 1. The summed E-state index contributed by atoms with van der Waals surface area (Å²) in [5.74, 6) is 12.6. The van der Waals surface area contributed by atoms with Crippen LogP contribution in [0.3, 0.4) is 0 Å². The van der Waals surface area contributed by atoms with E-state index in [-0.39, 0.29) is 57.5 Å². The Morgan fingerprint density at radius 1 is 0.485 bits per heavy atom. The summed E-state index contributed by atoms with van der Waals surface area (Å²) in [7, 11) is -0.159. The van der Waals surface area contributed by atoms with E-state index in [1.807, 2.05) is 6.92 Å². The molecule has 11 saturated carbocycles. The molecule has 0 spiro atoms. The third kappa shape index (κ3) is 15.7. The molecule has 27 atom stereocenters. The van der Waals surface area contributed by atoms with Crippen LogP contribution in [0.5, 0.6) is 0 Å². The predicted molar refractivity (Wildman–Crippen MR) is 397 cm³/mol. The lowest BCUT2D eigenvalue weighted by Crippen LogP contribution is -2.57. The van der Waals surface area contributed by atoms with Crippen LogP contribution in [-0.2, 0) is 51.5 Å². The maximum absolute atomic E-state index is 13.7. The number of ether oxygens (including phenoxy) is 3. The van der Waals surface area contributed by atoms with Gasteiger partial charge in [0.25, 0.3) is 17.4 Å². The molecular weight excluding hydrogens is 1290 g/mol. The van der Waals surface area contributed by atoms with Crippen LogP contribution >= 0.6 is 0 Å². The molecule has 12 nitrogen and oxygen atoms in total. The van der Waals surface area contributed by atoms with Crippen molar-refractivity contribution in [3.05, 3.63) is 11.8 Å². The number of carbonyl (C=O) groups is 5. The van der Waals surface area contributed by atoms with Gasteiger partial charge in [-0.05, 0) is 337 Å². The van der Waals surface area contributed by atoms with Gasteiger partial charge in [0.1, 0.15) is 11.6 Å². The fraction of sp³-hybridized carbons (Fsp3) is 0.917. The van der Waals surface area contributed by atoms with Crippen molar-refractivity contribution in [1.29, 1.82) is 0 Å². The Balaban J connectivity index is 0.000000162. The number of carbonyl (C=O) groups excluding carboxylic acids is 5. The highest BCUT2D eigenvalue weighted by molar-refractivity contribution is 6.70. The summed E-state index contributed by atoms with van der Waals surface area (Å²) in [5.41, 5.74) is 1.63. The number of ketones is 2. The summed E-state index contributed by atoms with van der Waals surface area (Å²) >= 11 is 0. The molecule has 0 aromatic carbocycles. The van der Waals surface area contributed by atoms with Crippen molar-refractivity contribution in [1.82, 2.24) is 0 Å². The maximum atomic E-state index is 13.7. The Kier molecular flexibility index (Phi) is 25.2. The molecule has 0 saturated heterocycles. The fourth-order valence-electron chi connectivity index (χ4n) is 27.3. The molecule has 11 fully saturated rings. The van der Waals surface area contributed by atoms with E-state index < -0.39 is 25.7 Å². The van der Waals surface area contributed by atoms with Crippen molar-refractivity contribution in [2.24, 2.45) is 151 Å². The van der Waals surface area contributed by atoms with Gasteiger partial charge in [0.15, 0.2) is 0 Å². The van der Waals surface area contributed by atoms with Gasteiger partial charge in [0.05, 0.1) is 33.2 Å². The molecule has 0 aromatic heterocycles. The standard InChI is InChI=1S/C31H54O4Si2.C28H46O4Si.C25H40O4/c1-9-36(33)20-22-14-16-30(3)23(18-22)19-27(35-37(6,7)8)29-25-12-11-24(21(2)10-13-28(32)34-5)31(25,4)17-15-26(29)30;1-6-33(31)17-19-11-13-27(3)20(15-19)16-24(29)26-22-9-8-21(18(2)7-10-25(30)32-5)28(22,4)14-12-23(26)27;1-15(5-8-22(28)29-4)18-6-7-19-23-20(10-12-25(18,19)3)24(2)11-9-17(26)13-16(24)14-21(23)27/h19,21-26,29H,9-18,20H2,1-8H3;18-23,26H,6-17H2,1-5H3;15-20,23,26H,5-14H2,1-4H3/t21?,22-,23+,24-,25+,26+,29+,30+,31-;18?,19-,20+,21-,22+,23+,26+,27+,28-;15?,16-,17+,18+,19-,20-,23-,24-,25+/m110/s1. The number of aliphatic hydroxyl groups excluding tert-OH is 1. The molecule has 560 valence electrons. The van der Waals surface area contributed by atoms with E-state index in [2.05, 4.69) is 95.0 Å². The number of allylic oxidation sites excluding steroid dienone is 2. The molecule has 12 aliphatic rings. The van der Waals surface area contributed by atoms with E-state index in [4.69, 9.17) is 18.6 Å². The van der Waals surface area contributed by atoms with Gasteiger partial charge < -0.3 is 32.7 Å². The second kappa shape index (κ2) is 31.5. The lowest BCUT2D eigenvalue weighted by Gasteiger charge is -2.60. The van der Waals surface area contributed by atoms with Gasteiger partial charge >= 0.3 is 17.9 Å². The number of fused-ring (bicyclic) bond motifs is 15. The van der Waals surface area contributed by atoms with Crippen LogP contribution in [0.1, 0.15) is 262 Å². The number of Topliss-reactive ketones (excluding diaryl/α,β-unsaturated/α-hetero) is 2. The zero-order valence-electron chi connectivity index (χ0n) is 65.5. The molecule has 12 rings (SSSR count). The third-order valence-electron chi connectivity index (χ3n) is 33.0. The molecule has 15 heteroatoms. The highest BCUT2D eigenvalue weighted by Gasteiger charge is 2.67. The number of rotatable bonds is 20. The molecule has 0 bridgehead atoms. The maximum Gasteiger partial charge on any atom is 0.305 e. The van der Waals surface area contributed by atoms with Crippen molar-refractivity contribution in [2.75, 3.05) is 21.3 Å². The summed E-state index contributed by atoms with van der Waals surface area (Å²) in [6, 6.07) is 3.53. The highest BCUT2D eigenvalue weighted by Crippen LogP contribution is 2.72. The second-order valence-corrected chi connectivity index (χ2v) is 47.5. The SMILES string of the molecule is CC[Si](=O)C[C@@H]1CC[C@@]2(C)[C@H](C=C(O[Si](C)(C)C)[C@@H]3[C@@H]2CC[C@]2(C)[C@@H](C(C)CCC(=O)OC)CC[C@@H]32)C1.CC[Si](=O)C[C@@H]1CC[C@@]2(C)[C@H](CC(=O)[C@@H]3[C@@H]2CC[C@]2(C)[C@@H](C(C)CCC(=O)OC)CC[C@@H]32)C1.COC(=O)CCC(C)[C@H]1CC[C@H]2[C@@H]3C(=O)C[C@@H]4C[C@H](O)CC[C@]4(C)[C@H]3CC[C@]12C. The molecular formula is C84H140O12Si3. The summed E-state index contributed by atoms with van der Waals surface area (Å²) in [6.45, 7) is 33.2. The molecule has 0 aromatic rings. The molecule has 12 aliphatic carbocycles. The number of esters is 3. The molecule has 0 radical (unpaired) electrons. The highest BCUT2D eigenvalue weighted by atomic mass is 28.4. The fourth-order valence-corrected chi connectivity index (χ4v) is 30.8. The lowest BCUT2D eigenvalue weighted by molar-refractivity contribution is -0.161. The van der Waals surface area contributed by atoms with Crippen molar-refractivity contribution in [3.63, 3.8) is 0 Å². The molecule has 0 aliphatic heterocycles. The Bertz CT molecular complexity index is 2940. The van der Waals surface area contributed by atoms with Gasteiger partial charge in [0.2, 0.25) is 8.32 Å². The zero-order chi connectivity index (χ0) is 72.1. The van der Waals surface area contributed by atoms with E-state index in [0.29, 0.717) is 155 Å². The first-order valence-electron chi connectivity index (χ1n) is 41.0. The van der Waals surface area contributed by atoms with Gasteiger partial charge in [-0.3, -0.25) is 24.0 Å². The summed E-state index contributed by atoms with van der Waals surface area (Å²) in [5, 5.41) is 10.2. The minimum absolute atomic E-state index is 0.0740. The van der Waals surface area contributed by atoms with Crippen LogP contribution in [0.4, 0.5) is 0 Å². The van der Waals surface area contributed by atoms with Crippen molar-refractivity contribution >= 4 is 55.2 Å². The Morgan fingerprint density at radius 3 is 1.22 bits per heavy atom. The van der Waals surface area contributed by atoms with Crippen LogP contribution < -0.4 is 0 Å². The largest absolute Gasteiger partial charge is 0.547 e. The molecule has 3 unspecified atom stereocenters. The van der Waals surface area contributed by atoms with Crippen molar-refractivity contribution < 1.29 is 56.6 Å². The lowest BCUT2D eigenvalue weighted by atomic mass is 9.43. The summed E-state index contributed by atoms with van der Waals surface area (Å²) in [6.07, 6.45) is 32.9. The predicted octanol–water partition coefficient (Wildman–Crippen LogP) is 19.5. The van der Waals surface area contributed by atoms with Gasteiger partial charge in [-0.25, -0.2) is 0 Å². The van der Waals surface area contributed by atoms with E-state index in [0.717, 1.165) is 82.0 Å². The average molecular weight is 1430 g/mol. The first-order chi connectivity index (χ1) is 46.7. The second-order valence-electron chi connectivity index (χ2n) is 38.7. The zero-order valence-corrected chi connectivity index (χ0v) is 68.5. The van der Waals surface area contributed by atoms with Crippen LogP contribution in [0.15, 0.2) is 11.8 Å². The quantitative estimate of drug-likeness (QED) is 0.0694. The van der Waals surface area contributed by atoms with Crippen LogP contribution in [0.25, 0.3) is 0 Å². The molecule has 1 N–H and O–H groups in total.